The molecule has 3 rings (SSSR count). The van der Waals surface area contributed by atoms with E-state index < -0.39 is 10.0 Å². The van der Waals surface area contributed by atoms with Gasteiger partial charge in [0.25, 0.3) is 0 Å². The number of morpholine rings is 1. The Bertz CT molecular complexity index is 682. The molecule has 25 heavy (non-hydrogen) atoms. The van der Waals surface area contributed by atoms with Gasteiger partial charge in [0.15, 0.2) is 5.11 Å². The zero-order valence-corrected chi connectivity index (χ0v) is 15.7. The van der Waals surface area contributed by atoms with Crippen LogP contribution in [0.2, 0.25) is 0 Å². The van der Waals surface area contributed by atoms with Crippen LogP contribution in [-0.2, 0) is 14.8 Å². The van der Waals surface area contributed by atoms with Crippen molar-refractivity contribution in [2.75, 3.05) is 44.7 Å². The molecule has 9 heteroatoms. The molecule has 0 aromatic heterocycles. The highest BCUT2D eigenvalue weighted by Gasteiger charge is 2.26. The fraction of sp³-hybridized carbons (Fsp3) is 0.562. The molecule has 2 aliphatic rings. The number of hydrogen-bond acceptors (Lipinski definition) is 5. The monoisotopic (exact) mass is 384 g/mol. The zero-order valence-electron chi connectivity index (χ0n) is 14.1. The number of thiocarbonyl (C=S) groups is 1. The number of sulfonamides is 1. The van der Waals surface area contributed by atoms with E-state index in [1.54, 1.807) is 24.3 Å². The van der Waals surface area contributed by atoms with Crippen LogP contribution in [0.5, 0.6) is 0 Å². The molecular formula is C16H24N4O3S2. The number of hydrazine groups is 1. The van der Waals surface area contributed by atoms with Crippen LogP contribution in [0, 0.1) is 0 Å². The maximum atomic E-state index is 12.6. The lowest BCUT2D eigenvalue weighted by atomic mass is 10.2. The number of benzene rings is 1. The maximum absolute atomic E-state index is 12.6. The molecule has 0 spiro atoms. The Balaban J connectivity index is 1.58. The molecular weight excluding hydrogens is 360 g/mol. The highest BCUT2D eigenvalue weighted by Crippen LogP contribution is 2.19. The van der Waals surface area contributed by atoms with E-state index in [0.717, 1.165) is 18.8 Å². The van der Waals surface area contributed by atoms with Gasteiger partial charge in [-0.05, 0) is 49.3 Å². The Kier molecular flexibility index (Phi) is 6.24. The molecule has 2 N–H and O–H groups in total. The number of ether oxygens (including phenoxy) is 1. The summed E-state index contributed by atoms with van der Waals surface area (Å²) in [5, 5.41) is 5.72. The second kappa shape index (κ2) is 8.41. The Morgan fingerprint density at radius 3 is 2.28 bits per heavy atom. The van der Waals surface area contributed by atoms with Crippen molar-refractivity contribution >= 4 is 33.0 Å². The van der Waals surface area contributed by atoms with E-state index >= 15 is 0 Å². The molecule has 7 nitrogen and oxygen atoms in total. The summed E-state index contributed by atoms with van der Waals surface area (Å²) in [6.45, 7) is 3.64. The molecule has 2 aliphatic heterocycles. The zero-order chi connectivity index (χ0) is 17.7. The van der Waals surface area contributed by atoms with Crippen molar-refractivity contribution in [3.63, 3.8) is 0 Å². The van der Waals surface area contributed by atoms with E-state index in [2.05, 4.69) is 15.8 Å². The summed E-state index contributed by atoms with van der Waals surface area (Å²) in [7, 11) is -3.46. The van der Waals surface area contributed by atoms with Crippen LogP contribution in [-0.4, -0.2) is 62.2 Å². The lowest BCUT2D eigenvalue weighted by Gasteiger charge is -2.28. The minimum absolute atomic E-state index is 0.287. The summed E-state index contributed by atoms with van der Waals surface area (Å²) in [6.07, 6.45) is 3.60. The van der Waals surface area contributed by atoms with Crippen LogP contribution in [0.1, 0.15) is 19.3 Å². The number of nitrogens with one attached hydrogen (secondary N) is 2. The summed E-state index contributed by atoms with van der Waals surface area (Å²) in [6, 6.07) is 6.68. The van der Waals surface area contributed by atoms with Crippen molar-refractivity contribution in [1.29, 1.82) is 0 Å². The number of nitrogens with zero attached hydrogens (tertiary/aromatic N) is 2. The predicted octanol–water partition coefficient (Wildman–Crippen LogP) is 1.39. The Hall–Kier alpha value is -1.26. The third-order valence-electron chi connectivity index (χ3n) is 4.34. The smallest absolute Gasteiger partial charge is 0.243 e. The number of hydrogen-bond donors (Lipinski definition) is 2. The average molecular weight is 385 g/mol. The first kappa shape index (κ1) is 18.5. The molecule has 0 atom stereocenters. The van der Waals surface area contributed by atoms with Crippen molar-refractivity contribution in [2.24, 2.45) is 0 Å². The van der Waals surface area contributed by atoms with Crippen LogP contribution in [0.25, 0.3) is 0 Å². The molecule has 0 radical (unpaired) electrons. The molecule has 0 unspecified atom stereocenters. The summed E-state index contributed by atoms with van der Waals surface area (Å²) in [4.78, 5) is 0.287. The SMILES string of the molecule is O=S(=O)(c1ccc(NC(=S)NN2CCCCC2)cc1)N1CCOCC1. The van der Waals surface area contributed by atoms with Gasteiger partial charge < -0.3 is 10.1 Å². The van der Waals surface area contributed by atoms with Crippen molar-refractivity contribution in [3.8, 4) is 0 Å². The van der Waals surface area contributed by atoms with Crippen LogP contribution >= 0.6 is 12.2 Å². The van der Waals surface area contributed by atoms with Crippen LogP contribution in [0.15, 0.2) is 29.2 Å². The van der Waals surface area contributed by atoms with E-state index in [9.17, 15) is 8.42 Å². The van der Waals surface area contributed by atoms with Gasteiger partial charge in [0.1, 0.15) is 0 Å². The van der Waals surface area contributed by atoms with E-state index in [0.29, 0.717) is 31.4 Å². The molecule has 0 aliphatic carbocycles. The van der Waals surface area contributed by atoms with E-state index in [-0.39, 0.29) is 4.90 Å². The third-order valence-corrected chi connectivity index (χ3v) is 6.44. The predicted molar refractivity (Wildman–Crippen MR) is 101 cm³/mol. The first-order valence-electron chi connectivity index (χ1n) is 8.56. The molecule has 0 saturated carbocycles. The average Bonchev–Trinajstić information content (AvgIpc) is 2.63. The third kappa shape index (κ3) is 4.89. The van der Waals surface area contributed by atoms with Gasteiger partial charge in [-0.3, -0.25) is 5.43 Å². The Morgan fingerprint density at radius 2 is 1.64 bits per heavy atom. The lowest BCUT2D eigenvalue weighted by Crippen LogP contribution is -2.46. The fourth-order valence-electron chi connectivity index (χ4n) is 2.95. The van der Waals surface area contributed by atoms with Crippen LogP contribution < -0.4 is 10.7 Å². The first-order chi connectivity index (χ1) is 12.1. The van der Waals surface area contributed by atoms with Gasteiger partial charge in [0, 0.05) is 31.9 Å². The number of rotatable bonds is 4. The topological polar surface area (TPSA) is 73.9 Å². The molecule has 0 amide bonds. The summed E-state index contributed by atoms with van der Waals surface area (Å²) >= 11 is 5.32. The first-order valence-corrected chi connectivity index (χ1v) is 10.4. The van der Waals surface area contributed by atoms with Crippen molar-refractivity contribution in [2.45, 2.75) is 24.2 Å². The highest BCUT2D eigenvalue weighted by molar-refractivity contribution is 7.89. The Morgan fingerprint density at radius 1 is 1.00 bits per heavy atom. The molecule has 2 heterocycles. The molecule has 1 aromatic rings. The normalized spacial score (nSPS) is 20.2. The van der Waals surface area contributed by atoms with Gasteiger partial charge >= 0.3 is 0 Å². The van der Waals surface area contributed by atoms with Gasteiger partial charge in [-0.2, -0.15) is 4.31 Å². The molecule has 2 fully saturated rings. The largest absolute Gasteiger partial charge is 0.379 e. The van der Waals surface area contributed by atoms with Crippen LogP contribution in [0.3, 0.4) is 0 Å². The van der Waals surface area contributed by atoms with Crippen molar-refractivity contribution < 1.29 is 13.2 Å². The Labute approximate surface area is 154 Å². The van der Waals surface area contributed by atoms with Gasteiger partial charge in [-0.1, -0.05) is 6.42 Å². The van der Waals surface area contributed by atoms with Gasteiger partial charge in [-0.25, -0.2) is 13.4 Å². The number of anilines is 1. The van der Waals surface area contributed by atoms with Gasteiger partial charge in [0.2, 0.25) is 10.0 Å². The minimum atomic E-state index is -3.46. The summed E-state index contributed by atoms with van der Waals surface area (Å²) < 4.78 is 31.9. The van der Waals surface area contributed by atoms with Crippen molar-refractivity contribution in [1.82, 2.24) is 14.7 Å². The maximum Gasteiger partial charge on any atom is 0.243 e. The quantitative estimate of drug-likeness (QED) is 0.760. The van der Waals surface area contributed by atoms with Gasteiger partial charge in [0.05, 0.1) is 18.1 Å². The minimum Gasteiger partial charge on any atom is -0.379 e. The fourth-order valence-corrected chi connectivity index (χ4v) is 4.61. The molecule has 2 saturated heterocycles. The van der Waals surface area contributed by atoms with E-state index in [1.807, 2.05) is 0 Å². The summed E-state index contributed by atoms with van der Waals surface area (Å²) in [5.41, 5.74) is 3.94. The van der Waals surface area contributed by atoms with Crippen LogP contribution in [0.4, 0.5) is 5.69 Å². The lowest BCUT2D eigenvalue weighted by molar-refractivity contribution is 0.0730. The highest BCUT2D eigenvalue weighted by atomic mass is 32.2. The molecule has 1 aromatic carbocycles. The standard InChI is InChI=1S/C16H24N4O3S2/c21-25(22,20-10-12-23-13-11-20)15-6-4-14(5-7-15)17-16(24)18-19-8-2-1-3-9-19/h4-7H,1-3,8-13H2,(H2,17,18,24). The van der Waals surface area contributed by atoms with Crippen molar-refractivity contribution in [3.05, 3.63) is 24.3 Å². The summed E-state index contributed by atoms with van der Waals surface area (Å²) in [5.74, 6) is 0. The second-order valence-electron chi connectivity index (χ2n) is 6.15. The van der Waals surface area contributed by atoms with Gasteiger partial charge in [-0.15, -0.1) is 0 Å². The van der Waals surface area contributed by atoms with E-state index in [1.165, 1.54) is 23.6 Å². The van der Waals surface area contributed by atoms with E-state index in [4.69, 9.17) is 17.0 Å². The molecule has 138 valence electrons. The number of piperidine rings is 1. The molecule has 0 bridgehead atoms. The second-order valence-corrected chi connectivity index (χ2v) is 8.50.